The lowest BCUT2D eigenvalue weighted by atomic mass is 10.1. The van der Waals surface area contributed by atoms with Gasteiger partial charge in [-0.3, -0.25) is 0 Å². The molecule has 0 spiro atoms. The fraction of sp³-hybridized carbons (Fsp3) is 0.750. The monoisotopic (exact) mass is 289 g/mol. The van der Waals surface area contributed by atoms with Crippen molar-refractivity contribution < 1.29 is 14.3 Å². The summed E-state index contributed by atoms with van der Waals surface area (Å²) in [4.78, 5) is 11.6. The Kier molecular flexibility index (Phi) is 6.80. The van der Waals surface area contributed by atoms with Crippen LogP contribution in [0.1, 0.15) is 43.2 Å². The fourth-order valence-corrected chi connectivity index (χ4v) is 1.78. The average molecular weight is 290 g/mol. The molecule has 0 aliphatic rings. The largest absolute Gasteiger partial charge is 0.458 e. The zero-order chi connectivity index (χ0) is 14.3. The Bertz CT molecular complexity index is 397. The smallest absolute Gasteiger partial charge is 0.360 e. The zero-order valence-electron chi connectivity index (χ0n) is 11.5. The minimum atomic E-state index is -0.492. The number of methoxy groups -OCH3 is 1. The van der Waals surface area contributed by atoms with E-state index < -0.39 is 5.97 Å². The average Bonchev–Trinajstić information content (AvgIpc) is 2.88. The normalized spacial score (nSPS) is 14.1. The molecule has 2 atom stereocenters. The molecule has 0 amide bonds. The minimum Gasteiger partial charge on any atom is -0.458 e. The third-order valence-corrected chi connectivity index (χ3v) is 3.22. The number of carbonyl (C=O) groups excluding carboxylic acids is 1. The molecule has 19 heavy (non-hydrogen) atoms. The lowest BCUT2D eigenvalue weighted by molar-refractivity contribution is 0.0381. The third kappa shape index (κ3) is 5.16. The van der Waals surface area contributed by atoms with Crippen molar-refractivity contribution in [3.8, 4) is 0 Å². The molecular weight excluding hydrogens is 270 g/mol. The van der Waals surface area contributed by atoms with Gasteiger partial charge in [0, 0.05) is 12.5 Å². The van der Waals surface area contributed by atoms with E-state index in [1.807, 2.05) is 13.8 Å². The highest BCUT2D eigenvalue weighted by Gasteiger charge is 2.16. The Hall–Kier alpha value is -1.14. The number of esters is 1. The first-order valence-electron chi connectivity index (χ1n) is 6.30. The van der Waals surface area contributed by atoms with Crippen LogP contribution in [-0.2, 0) is 9.47 Å². The van der Waals surface area contributed by atoms with Crippen molar-refractivity contribution in [2.24, 2.45) is 0 Å². The summed E-state index contributed by atoms with van der Waals surface area (Å²) < 4.78 is 11.4. The van der Waals surface area contributed by atoms with E-state index in [0.717, 1.165) is 12.8 Å². The number of aromatic nitrogens is 3. The van der Waals surface area contributed by atoms with E-state index in [1.54, 1.807) is 18.0 Å². The Morgan fingerprint density at radius 3 is 2.89 bits per heavy atom. The summed E-state index contributed by atoms with van der Waals surface area (Å²) in [5.41, 5.74) is 0.200. The van der Waals surface area contributed by atoms with E-state index in [0.29, 0.717) is 6.61 Å². The van der Waals surface area contributed by atoms with Crippen LogP contribution in [0.5, 0.6) is 0 Å². The highest BCUT2D eigenvalue weighted by molar-refractivity contribution is 6.20. The molecule has 7 heteroatoms. The number of rotatable bonds is 8. The second-order valence-electron chi connectivity index (χ2n) is 4.30. The van der Waals surface area contributed by atoms with Crippen LogP contribution in [0.4, 0.5) is 0 Å². The quantitative estimate of drug-likeness (QED) is 0.416. The molecule has 0 radical (unpaired) electrons. The van der Waals surface area contributed by atoms with Crippen LogP contribution in [-0.4, -0.2) is 46.7 Å². The molecule has 0 bridgehead atoms. The second kappa shape index (κ2) is 8.12. The third-order valence-electron chi connectivity index (χ3n) is 2.73. The first-order valence-corrected chi connectivity index (χ1v) is 6.74. The molecule has 0 aliphatic heterocycles. The summed E-state index contributed by atoms with van der Waals surface area (Å²) in [6.45, 7) is 4.59. The maximum Gasteiger partial charge on any atom is 0.360 e. The van der Waals surface area contributed by atoms with Gasteiger partial charge in [0.05, 0.1) is 18.8 Å². The van der Waals surface area contributed by atoms with Crippen molar-refractivity contribution in [3.05, 3.63) is 11.9 Å². The van der Waals surface area contributed by atoms with Crippen LogP contribution in [0.2, 0.25) is 0 Å². The van der Waals surface area contributed by atoms with Crippen molar-refractivity contribution in [1.82, 2.24) is 15.0 Å². The summed E-state index contributed by atoms with van der Waals surface area (Å²) in [6, 6.07) is 0.0930. The number of hydrogen-bond acceptors (Lipinski definition) is 5. The number of nitrogens with zero attached hydrogens (tertiary/aromatic N) is 3. The fourth-order valence-electron chi connectivity index (χ4n) is 1.52. The minimum absolute atomic E-state index is 0.0930. The van der Waals surface area contributed by atoms with Crippen molar-refractivity contribution in [3.63, 3.8) is 0 Å². The molecule has 0 N–H and O–H groups in total. The molecule has 1 rings (SSSR count). The molecule has 1 aromatic heterocycles. The number of carbonyl (C=O) groups is 1. The molecule has 0 aromatic carbocycles. The zero-order valence-corrected chi connectivity index (χ0v) is 12.3. The van der Waals surface area contributed by atoms with Gasteiger partial charge in [-0.05, 0) is 19.8 Å². The van der Waals surface area contributed by atoms with E-state index in [9.17, 15) is 4.79 Å². The highest BCUT2D eigenvalue weighted by Crippen LogP contribution is 2.18. The summed E-state index contributed by atoms with van der Waals surface area (Å²) in [6.07, 6.45) is 3.26. The molecule has 0 fully saturated rings. The molecule has 108 valence electrons. The van der Waals surface area contributed by atoms with Gasteiger partial charge in [0.15, 0.2) is 5.69 Å². The van der Waals surface area contributed by atoms with Gasteiger partial charge in [0.2, 0.25) is 0 Å². The van der Waals surface area contributed by atoms with E-state index >= 15 is 0 Å². The Balaban J connectivity index is 2.53. The van der Waals surface area contributed by atoms with Gasteiger partial charge >= 0.3 is 5.97 Å². The summed E-state index contributed by atoms with van der Waals surface area (Å²) in [5.74, 6) is -0.492. The number of ether oxygens (including phenoxy) is 2. The maximum atomic E-state index is 11.6. The van der Waals surface area contributed by atoms with Crippen LogP contribution in [0, 0.1) is 0 Å². The predicted octanol–water partition coefficient (Wildman–Crippen LogP) is 2.05. The second-order valence-corrected chi connectivity index (χ2v) is 4.92. The van der Waals surface area contributed by atoms with Gasteiger partial charge in [-0.1, -0.05) is 12.1 Å². The van der Waals surface area contributed by atoms with Crippen LogP contribution < -0.4 is 0 Å². The Labute approximate surface area is 118 Å². The van der Waals surface area contributed by atoms with Gasteiger partial charge in [-0.25, -0.2) is 9.48 Å². The molecule has 1 heterocycles. The van der Waals surface area contributed by atoms with E-state index in [1.165, 1.54) is 0 Å². The van der Waals surface area contributed by atoms with Crippen molar-refractivity contribution >= 4 is 17.6 Å². The van der Waals surface area contributed by atoms with Crippen LogP contribution in [0.15, 0.2) is 6.20 Å². The highest BCUT2D eigenvalue weighted by atomic mass is 35.5. The number of halogens is 1. The molecule has 1 aromatic rings. The van der Waals surface area contributed by atoms with Gasteiger partial charge < -0.3 is 9.47 Å². The summed E-state index contributed by atoms with van der Waals surface area (Å²) >= 11 is 6.10. The molecular formula is C12H20ClN3O3. The van der Waals surface area contributed by atoms with Crippen molar-refractivity contribution in [2.45, 2.75) is 38.1 Å². The first kappa shape index (κ1) is 15.9. The van der Waals surface area contributed by atoms with Gasteiger partial charge in [0.25, 0.3) is 0 Å². The SMILES string of the molecule is CCC(Cl)CC(C)n1cc(C(=O)OCCOC)nn1. The maximum absolute atomic E-state index is 11.6. The predicted molar refractivity (Wildman–Crippen MR) is 71.4 cm³/mol. The Morgan fingerprint density at radius 2 is 2.26 bits per heavy atom. The van der Waals surface area contributed by atoms with Crippen molar-refractivity contribution in [2.75, 3.05) is 20.3 Å². The topological polar surface area (TPSA) is 66.2 Å². The van der Waals surface area contributed by atoms with Gasteiger partial charge in [-0.15, -0.1) is 16.7 Å². The molecule has 0 aliphatic carbocycles. The van der Waals surface area contributed by atoms with E-state index in [4.69, 9.17) is 21.1 Å². The lowest BCUT2D eigenvalue weighted by Crippen LogP contribution is -2.12. The standard InChI is InChI=1S/C12H20ClN3O3/c1-4-10(13)7-9(2)16-8-11(14-15-16)12(17)19-6-5-18-3/h8-10H,4-7H2,1-3H3. The molecule has 6 nitrogen and oxygen atoms in total. The Morgan fingerprint density at radius 1 is 1.53 bits per heavy atom. The molecule has 2 unspecified atom stereocenters. The van der Waals surface area contributed by atoms with Crippen LogP contribution in [0.25, 0.3) is 0 Å². The first-order chi connectivity index (χ1) is 9.08. The summed E-state index contributed by atoms with van der Waals surface area (Å²) in [7, 11) is 1.54. The van der Waals surface area contributed by atoms with Crippen LogP contribution >= 0.6 is 11.6 Å². The van der Waals surface area contributed by atoms with E-state index in [2.05, 4.69) is 10.3 Å². The van der Waals surface area contributed by atoms with Crippen molar-refractivity contribution in [1.29, 1.82) is 0 Å². The van der Waals surface area contributed by atoms with E-state index in [-0.39, 0.29) is 23.7 Å². The number of alkyl halides is 1. The number of hydrogen-bond donors (Lipinski definition) is 0. The summed E-state index contributed by atoms with van der Waals surface area (Å²) in [5, 5.41) is 7.83. The van der Waals surface area contributed by atoms with Gasteiger partial charge in [0.1, 0.15) is 6.61 Å². The molecule has 0 saturated heterocycles. The van der Waals surface area contributed by atoms with Crippen LogP contribution in [0.3, 0.4) is 0 Å². The lowest BCUT2D eigenvalue weighted by Gasteiger charge is -2.13. The molecule has 0 saturated carbocycles. The van der Waals surface area contributed by atoms with Gasteiger partial charge in [-0.2, -0.15) is 0 Å².